The molecule has 15 heavy (non-hydrogen) atoms. The third-order valence-electron chi connectivity index (χ3n) is 4.67. The highest BCUT2D eigenvalue weighted by Gasteiger charge is 2.46. The summed E-state index contributed by atoms with van der Waals surface area (Å²) in [5, 5.41) is 0. The lowest BCUT2D eigenvalue weighted by Gasteiger charge is -2.48. The number of carbonyl (C=O) groups is 1. The lowest BCUT2D eigenvalue weighted by atomic mass is 9.56. The number of rotatable bonds is 2. The molecule has 0 bridgehead atoms. The van der Waals surface area contributed by atoms with Crippen molar-refractivity contribution in [1.82, 2.24) is 0 Å². The molecule has 0 heterocycles. The third-order valence-corrected chi connectivity index (χ3v) is 4.67. The van der Waals surface area contributed by atoms with Crippen molar-refractivity contribution in [3.05, 3.63) is 12.7 Å². The van der Waals surface area contributed by atoms with Gasteiger partial charge in [-0.1, -0.05) is 25.8 Å². The summed E-state index contributed by atoms with van der Waals surface area (Å²) in [7, 11) is 0. The predicted molar refractivity (Wildman–Crippen MR) is 62.6 cm³/mol. The first-order valence-electron chi connectivity index (χ1n) is 6.31. The number of hydrogen-bond acceptors (Lipinski definition) is 1. The predicted octanol–water partition coefficient (Wildman–Crippen LogP) is 3.74. The van der Waals surface area contributed by atoms with Gasteiger partial charge in [-0.2, -0.15) is 0 Å². The molecule has 0 N–H and O–H groups in total. The Morgan fingerprint density at radius 3 is 3.00 bits per heavy atom. The van der Waals surface area contributed by atoms with E-state index in [-0.39, 0.29) is 0 Å². The van der Waals surface area contributed by atoms with Crippen LogP contribution >= 0.6 is 0 Å². The molecule has 3 atom stereocenters. The summed E-state index contributed by atoms with van der Waals surface area (Å²) >= 11 is 0. The summed E-state index contributed by atoms with van der Waals surface area (Å²) in [5.74, 6) is 1.44. The Labute approximate surface area is 92.9 Å². The second-order valence-corrected chi connectivity index (χ2v) is 5.60. The lowest BCUT2D eigenvalue weighted by Crippen LogP contribution is -2.43. The fourth-order valence-corrected chi connectivity index (χ4v) is 3.72. The fraction of sp³-hybridized carbons (Fsp3) is 0.786. The number of fused-ring (bicyclic) bond motifs is 1. The van der Waals surface area contributed by atoms with E-state index in [2.05, 4.69) is 13.5 Å². The van der Waals surface area contributed by atoms with E-state index in [0.717, 1.165) is 19.3 Å². The third kappa shape index (κ3) is 1.89. The van der Waals surface area contributed by atoms with E-state index in [4.69, 9.17) is 0 Å². The summed E-state index contributed by atoms with van der Waals surface area (Å²) in [5.41, 5.74) is 0.458. The Morgan fingerprint density at radius 2 is 2.27 bits per heavy atom. The van der Waals surface area contributed by atoms with Gasteiger partial charge in [0.25, 0.3) is 0 Å². The number of ketones is 1. The van der Waals surface area contributed by atoms with Gasteiger partial charge >= 0.3 is 0 Å². The largest absolute Gasteiger partial charge is 0.299 e. The Hall–Kier alpha value is -0.590. The molecular formula is C14H22O. The summed E-state index contributed by atoms with van der Waals surface area (Å²) in [6, 6.07) is 0. The molecule has 0 amide bonds. The number of allylic oxidation sites excluding steroid dienone is 1. The Balaban J connectivity index is 2.19. The van der Waals surface area contributed by atoms with E-state index >= 15 is 0 Å². The van der Waals surface area contributed by atoms with Gasteiger partial charge in [-0.05, 0) is 37.0 Å². The van der Waals surface area contributed by atoms with Crippen LogP contribution in [0.15, 0.2) is 12.7 Å². The zero-order valence-corrected chi connectivity index (χ0v) is 9.80. The van der Waals surface area contributed by atoms with Gasteiger partial charge < -0.3 is 0 Å². The van der Waals surface area contributed by atoms with E-state index in [1.165, 1.54) is 25.7 Å². The van der Waals surface area contributed by atoms with E-state index in [1.54, 1.807) is 0 Å². The summed E-state index contributed by atoms with van der Waals surface area (Å²) in [6.45, 7) is 6.20. The topological polar surface area (TPSA) is 17.1 Å². The van der Waals surface area contributed by atoms with Gasteiger partial charge in [0.05, 0.1) is 0 Å². The molecule has 1 heteroatoms. The van der Waals surface area contributed by atoms with Crippen LogP contribution in [0, 0.1) is 17.3 Å². The van der Waals surface area contributed by atoms with Gasteiger partial charge in [0.2, 0.25) is 0 Å². The van der Waals surface area contributed by atoms with Crippen LogP contribution in [0.5, 0.6) is 0 Å². The molecule has 1 nitrogen and oxygen atoms in total. The highest BCUT2D eigenvalue weighted by atomic mass is 16.1. The van der Waals surface area contributed by atoms with Crippen molar-refractivity contribution in [2.75, 3.05) is 0 Å². The van der Waals surface area contributed by atoms with E-state index < -0.39 is 0 Å². The van der Waals surface area contributed by atoms with Gasteiger partial charge in [0.1, 0.15) is 5.78 Å². The van der Waals surface area contributed by atoms with Crippen molar-refractivity contribution in [2.45, 2.75) is 51.9 Å². The molecule has 0 aromatic carbocycles. The fourth-order valence-electron chi connectivity index (χ4n) is 3.72. The number of carbonyl (C=O) groups excluding carboxylic acids is 1. The Kier molecular flexibility index (Phi) is 2.99. The molecule has 0 radical (unpaired) electrons. The molecule has 0 aliphatic heterocycles. The summed E-state index contributed by atoms with van der Waals surface area (Å²) in [4.78, 5) is 11.9. The Bertz CT molecular complexity index is 269. The van der Waals surface area contributed by atoms with Gasteiger partial charge in [-0.15, -0.1) is 6.58 Å². The van der Waals surface area contributed by atoms with E-state index in [0.29, 0.717) is 23.0 Å². The molecule has 2 saturated carbocycles. The van der Waals surface area contributed by atoms with Gasteiger partial charge in [0, 0.05) is 12.3 Å². The standard InChI is InChI=1S/C14H22O/c1-3-6-11-12-7-4-5-9-14(12,2)10-8-13(11)15/h3,11-12H,1,4-10H2,2H3. The minimum atomic E-state index is 0.293. The monoisotopic (exact) mass is 206 g/mol. The highest BCUT2D eigenvalue weighted by Crippen LogP contribution is 2.52. The van der Waals surface area contributed by atoms with Crippen LogP contribution in [0.1, 0.15) is 51.9 Å². The van der Waals surface area contributed by atoms with Crippen molar-refractivity contribution in [3.8, 4) is 0 Å². The van der Waals surface area contributed by atoms with Gasteiger partial charge in [0.15, 0.2) is 0 Å². The quantitative estimate of drug-likeness (QED) is 0.629. The average Bonchev–Trinajstić information content (AvgIpc) is 2.23. The number of hydrogen-bond donors (Lipinski definition) is 0. The normalized spacial score (nSPS) is 41.0. The first kappa shape index (κ1) is 10.9. The molecule has 84 valence electrons. The van der Waals surface area contributed by atoms with Crippen molar-refractivity contribution in [1.29, 1.82) is 0 Å². The molecule has 2 aliphatic carbocycles. The first-order valence-corrected chi connectivity index (χ1v) is 6.31. The maximum absolute atomic E-state index is 11.9. The zero-order chi connectivity index (χ0) is 10.9. The molecule has 2 fully saturated rings. The molecular weight excluding hydrogens is 184 g/mol. The van der Waals surface area contributed by atoms with Crippen molar-refractivity contribution in [2.24, 2.45) is 17.3 Å². The molecule has 2 rings (SSSR count). The van der Waals surface area contributed by atoms with Crippen molar-refractivity contribution < 1.29 is 4.79 Å². The van der Waals surface area contributed by atoms with Crippen LogP contribution in [0.3, 0.4) is 0 Å². The minimum absolute atomic E-state index is 0.293. The second kappa shape index (κ2) is 4.11. The molecule has 3 unspecified atom stereocenters. The molecule has 0 aromatic heterocycles. The molecule has 0 aromatic rings. The van der Waals surface area contributed by atoms with Crippen LogP contribution in [0.2, 0.25) is 0 Å². The molecule has 2 aliphatic rings. The Morgan fingerprint density at radius 1 is 1.47 bits per heavy atom. The van der Waals surface area contributed by atoms with Crippen LogP contribution in [0.25, 0.3) is 0 Å². The summed E-state index contributed by atoms with van der Waals surface area (Å²) < 4.78 is 0. The van der Waals surface area contributed by atoms with Crippen molar-refractivity contribution in [3.63, 3.8) is 0 Å². The lowest BCUT2D eigenvalue weighted by molar-refractivity contribution is -0.133. The first-order chi connectivity index (χ1) is 7.17. The maximum atomic E-state index is 11.9. The van der Waals surface area contributed by atoms with Crippen LogP contribution in [-0.4, -0.2) is 5.78 Å². The van der Waals surface area contributed by atoms with E-state index in [1.807, 2.05) is 6.08 Å². The number of Topliss-reactive ketones (excluding diaryl/α,β-unsaturated/α-hetero) is 1. The highest BCUT2D eigenvalue weighted by molar-refractivity contribution is 5.82. The van der Waals surface area contributed by atoms with Gasteiger partial charge in [-0.25, -0.2) is 0 Å². The molecule has 0 saturated heterocycles. The SMILES string of the molecule is C=CCC1C(=O)CCC2(C)CCCCC12. The average molecular weight is 206 g/mol. The second-order valence-electron chi connectivity index (χ2n) is 5.60. The smallest absolute Gasteiger partial charge is 0.136 e. The maximum Gasteiger partial charge on any atom is 0.136 e. The molecule has 0 spiro atoms. The van der Waals surface area contributed by atoms with Crippen LogP contribution in [-0.2, 0) is 4.79 Å². The summed E-state index contributed by atoms with van der Waals surface area (Å²) in [6.07, 6.45) is 10.1. The van der Waals surface area contributed by atoms with Crippen molar-refractivity contribution >= 4 is 5.78 Å². The zero-order valence-electron chi connectivity index (χ0n) is 9.80. The van der Waals surface area contributed by atoms with E-state index in [9.17, 15) is 4.79 Å². The van der Waals surface area contributed by atoms with Crippen LogP contribution < -0.4 is 0 Å². The minimum Gasteiger partial charge on any atom is -0.299 e. The van der Waals surface area contributed by atoms with Crippen LogP contribution in [0.4, 0.5) is 0 Å². The van der Waals surface area contributed by atoms with Gasteiger partial charge in [-0.3, -0.25) is 4.79 Å².